The van der Waals surface area contributed by atoms with E-state index in [9.17, 15) is 5.11 Å². The van der Waals surface area contributed by atoms with Crippen molar-refractivity contribution >= 4 is 11.6 Å². The number of aromatic hydroxyl groups is 1. The van der Waals surface area contributed by atoms with E-state index in [2.05, 4.69) is 34.6 Å². The van der Waals surface area contributed by atoms with E-state index in [4.69, 9.17) is 11.6 Å². The fourth-order valence-electron chi connectivity index (χ4n) is 2.36. The summed E-state index contributed by atoms with van der Waals surface area (Å²) in [4.78, 5) is -0.467. The maximum Gasteiger partial charge on any atom is 0.115 e. The molecule has 1 rings (SSSR count). The number of benzene rings is 1. The molecule has 0 saturated carbocycles. The van der Waals surface area contributed by atoms with Crippen molar-refractivity contribution in [2.24, 2.45) is 11.3 Å². The third-order valence-electron chi connectivity index (χ3n) is 3.15. The van der Waals surface area contributed by atoms with Gasteiger partial charge in [0.15, 0.2) is 0 Å². The van der Waals surface area contributed by atoms with Gasteiger partial charge in [-0.1, -0.05) is 46.8 Å². The van der Waals surface area contributed by atoms with Crippen LogP contribution in [0, 0.1) is 11.3 Å². The largest absolute Gasteiger partial charge is 0.508 e. The Bertz CT molecular complexity index is 365. The van der Waals surface area contributed by atoms with Gasteiger partial charge in [0.25, 0.3) is 0 Å². The highest BCUT2D eigenvalue weighted by molar-refractivity contribution is 6.24. The molecule has 0 aliphatic rings. The lowest BCUT2D eigenvalue weighted by molar-refractivity contribution is 0.212. The van der Waals surface area contributed by atoms with Crippen LogP contribution in [-0.2, 0) is 4.87 Å². The Balaban J connectivity index is 3.34. The molecule has 1 atom stereocenters. The van der Waals surface area contributed by atoms with Gasteiger partial charge in [0, 0.05) is 0 Å². The summed E-state index contributed by atoms with van der Waals surface area (Å²) < 4.78 is 0. The van der Waals surface area contributed by atoms with Crippen molar-refractivity contribution in [3.05, 3.63) is 29.8 Å². The molecule has 0 saturated heterocycles. The first-order chi connectivity index (χ1) is 7.19. The molecule has 1 aromatic rings. The highest BCUT2D eigenvalue weighted by atomic mass is 35.5. The van der Waals surface area contributed by atoms with Crippen LogP contribution in [0.15, 0.2) is 24.3 Å². The van der Waals surface area contributed by atoms with Gasteiger partial charge < -0.3 is 5.11 Å². The van der Waals surface area contributed by atoms with Crippen molar-refractivity contribution in [3.8, 4) is 5.75 Å². The zero-order chi connectivity index (χ0) is 12.6. The van der Waals surface area contributed by atoms with Crippen molar-refractivity contribution < 1.29 is 5.11 Å². The van der Waals surface area contributed by atoms with Crippen molar-refractivity contribution in [1.82, 2.24) is 0 Å². The van der Waals surface area contributed by atoms with Crippen molar-refractivity contribution in [1.29, 1.82) is 0 Å². The standard InChI is InChI=1S/C14H21ClO/c1-10(2)14(15,13(3,4)5)11-7-6-8-12(16)9-11/h6-10,16H,1-5H3. The summed E-state index contributed by atoms with van der Waals surface area (Å²) in [5, 5.41) is 9.57. The first kappa shape index (κ1) is 13.4. The Labute approximate surface area is 103 Å². The number of hydrogen-bond donors (Lipinski definition) is 1. The Kier molecular flexibility index (Phi) is 3.59. The van der Waals surface area contributed by atoms with Gasteiger partial charge in [0.1, 0.15) is 5.75 Å². The molecule has 0 aliphatic heterocycles. The average Bonchev–Trinajstić information content (AvgIpc) is 2.14. The van der Waals surface area contributed by atoms with Gasteiger partial charge in [-0.25, -0.2) is 0 Å². The van der Waals surface area contributed by atoms with E-state index >= 15 is 0 Å². The van der Waals surface area contributed by atoms with E-state index in [-0.39, 0.29) is 17.1 Å². The molecule has 90 valence electrons. The average molecular weight is 241 g/mol. The van der Waals surface area contributed by atoms with Gasteiger partial charge in [-0.05, 0) is 29.0 Å². The Morgan fingerprint density at radius 2 is 1.75 bits per heavy atom. The molecular weight excluding hydrogens is 220 g/mol. The first-order valence-corrected chi connectivity index (χ1v) is 6.06. The summed E-state index contributed by atoms with van der Waals surface area (Å²) in [6.07, 6.45) is 0. The number of halogens is 1. The van der Waals surface area contributed by atoms with Gasteiger partial charge in [-0.15, -0.1) is 11.6 Å². The summed E-state index contributed by atoms with van der Waals surface area (Å²) in [5.74, 6) is 0.559. The van der Waals surface area contributed by atoms with Crippen LogP contribution < -0.4 is 0 Å². The third kappa shape index (κ3) is 2.20. The number of hydrogen-bond acceptors (Lipinski definition) is 1. The van der Waals surface area contributed by atoms with Crippen LogP contribution in [-0.4, -0.2) is 5.11 Å². The number of alkyl halides is 1. The maximum atomic E-state index is 9.57. The van der Waals surface area contributed by atoms with Crippen molar-refractivity contribution in [3.63, 3.8) is 0 Å². The van der Waals surface area contributed by atoms with Gasteiger partial charge >= 0.3 is 0 Å². The minimum Gasteiger partial charge on any atom is -0.508 e. The summed E-state index contributed by atoms with van der Waals surface area (Å²) in [5.41, 5.74) is 0.910. The zero-order valence-corrected chi connectivity index (χ0v) is 11.5. The van der Waals surface area contributed by atoms with E-state index in [0.29, 0.717) is 0 Å². The zero-order valence-electron chi connectivity index (χ0n) is 10.7. The normalized spacial score (nSPS) is 16.2. The summed E-state index contributed by atoms with van der Waals surface area (Å²) in [7, 11) is 0. The SMILES string of the molecule is CC(C)C(Cl)(c1cccc(O)c1)C(C)(C)C. The smallest absolute Gasteiger partial charge is 0.115 e. The van der Waals surface area contributed by atoms with E-state index in [1.807, 2.05) is 12.1 Å². The van der Waals surface area contributed by atoms with Gasteiger partial charge in [0.2, 0.25) is 0 Å². The second-order valence-corrected chi connectivity index (χ2v) is 6.26. The monoisotopic (exact) mass is 240 g/mol. The molecular formula is C14H21ClO. The van der Waals surface area contributed by atoms with Crippen LogP contribution in [0.3, 0.4) is 0 Å². The molecule has 1 N–H and O–H groups in total. The topological polar surface area (TPSA) is 20.2 Å². The molecule has 2 heteroatoms. The molecule has 1 nitrogen and oxygen atoms in total. The summed E-state index contributed by atoms with van der Waals surface area (Å²) in [6.45, 7) is 10.6. The van der Waals surface area contributed by atoms with Crippen LogP contribution in [0.1, 0.15) is 40.2 Å². The number of rotatable bonds is 2. The molecule has 1 aromatic carbocycles. The van der Waals surface area contributed by atoms with Crippen molar-refractivity contribution in [2.75, 3.05) is 0 Å². The van der Waals surface area contributed by atoms with Gasteiger partial charge in [-0.3, -0.25) is 0 Å². The Morgan fingerprint density at radius 3 is 2.12 bits per heavy atom. The molecule has 0 aliphatic carbocycles. The van der Waals surface area contributed by atoms with E-state index in [1.54, 1.807) is 12.1 Å². The van der Waals surface area contributed by atoms with Gasteiger partial charge in [0.05, 0.1) is 4.87 Å². The molecule has 1 unspecified atom stereocenters. The lowest BCUT2D eigenvalue weighted by atomic mass is 9.69. The van der Waals surface area contributed by atoms with Crippen LogP contribution in [0.2, 0.25) is 0 Å². The van der Waals surface area contributed by atoms with E-state index in [0.717, 1.165) is 5.56 Å². The van der Waals surface area contributed by atoms with E-state index in [1.165, 1.54) is 0 Å². The second kappa shape index (κ2) is 4.29. The second-order valence-electron chi connectivity index (χ2n) is 5.67. The predicted octanol–water partition coefficient (Wildman–Crippen LogP) is 4.53. The van der Waals surface area contributed by atoms with Gasteiger partial charge in [-0.2, -0.15) is 0 Å². The lowest BCUT2D eigenvalue weighted by Gasteiger charge is -2.43. The minimum atomic E-state index is -0.467. The summed E-state index contributed by atoms with van der Waals surface area (Å²) >= 11 is 6.84. The number of phenols is 1. The van der Waals surface area contributed by atoms with E-state index < -0.39 is 4.87 Å². The molecule has 0 spiro atoms. The van der Waals surface area contributed by atoms with Crippen LogP contribution in [0.4, 0.5) is 0 Å². The number of phenolic OH excluding ortho intramolecular Hbond substituents is 1. The quantitative estimate of drug-likeness (QED) is 0.754. The lowest BCUT2D eigenvalue weighted by Crippen LogP contribution is -2.39. The molecule has 16 heavy (non-hydrogen) atoms. The maximum absolute atomic E-state index is 9.57. The molecule has 0 radical (unpaired) electrons. The van der Waals surface area contributed by atoms with Crippen LogP contribution in [0.5, 0.6) is 5.75 Å². The predicted molar refractivity (Wildman–Crippen MR) is 69.9 cm³/mol. The van der Waals surface area contributed by atoms with Crippen LogP contribution >= 0.6 is 11.6 Å². The van der Waals surface area contributed by atoms with Crippen molar-refractivity contribution in [2.45, 2.75) is 39.5 Å². The Hall–Kier alpha value is -0.690. The molecule has 0 heterocycles. The Morgan fingerprint density at radius 1 is 1.19 bits per heavy atom. The minimum absolute atomic E-state index is 0.0729. The fraction of sp³-hybridized carbons (Fsp3) is 0.571. The third-order valence-corrected chi connectivity index (χ3v) is 4.37. The fourth-order valence-corrected chi connectivity index (χ4v) is 2.48. The summed E-state index contributed by atoms with van der Waals surface area (Å²) in [6, 6.07) is 7.26. The molecule has 0 amide bonds. The first-order valence-electron chi connectivity index (χ1n) is 5.68. The molecule has 0 fully saturated rings. The molecule has 0 bridgehead atoms. The molecule has 0 aromatic heterocycles. The van der Waals surface area contributed by atoms with Crippen LogP contribution in [0.25, 0.3) is 0 Å². The highest BCUT2D eigenvalue weighted by Gasteiger charge is 2.44. The highest BCUT2D eigenvalue weighted by Crippen LogP contribution is 2.50.